The zero-order chi connectivity index (χ0) is 15.4. The molecule has 0 aliphatic rings. The molecule has 0 aromatic heterocycles. The largest absolute Gasteiger partial charge is 0.493 e. The molecule has 6 heteroatoms. The van der Waals surface area contributed by atoms with Crippen LogP contribution in [0.3, 0.4) is 0 Å². The van der Waals surface area contributed by atoms with E-state index >= 15 is 0 Å². The van der Waals surface area contributed by atoms with Crippen molar-refractivity contribution < 1.29 is 14.3 Å². The third-order valence-corrected chi connectivity index (χ3v) is 3.63. The minimum atomic E-state index is -0.278. The van der Waals surface area contributed by atoms with Gasteiger partial charge in [-0.15, -0.1) is 0 Å². The van der Waals surface area contributed by atoms with Crippen LogP contribution in [0.2, 0.25) is 5.02 Å². The molecule has 0 unspecified atom stereocenters. The van der Waals surface area contributed by atoms with Gasteiger partial charge in [-0.1, -0.05) is 27.5 Å². The minimum absolute atomic E-state index is 0.278. The molecule has 110 valence electrons. The van der Waals surface area contributed by atoms with Gasteiger partial charge in [-0.2, -0.15) is 0 Å². The van der Waals surface area contributed by atoms with Crippen LogP contribution < -0.4 is 14.8 Å². The first kappa shape index (κ1) is 15.7. The molecule has 0 radical (unpaired) electrons. The van der Waals surface area contributed by atoms with Gasteiger partial charge in [-0.3, -0.25) is 4.79 Å². The fourth-order valence-electron chi connectivity index (χ4n) is 1.76. The Bertz CT molecular complexity index is 676. The van der Waals surface area contributed by atoms with Gasteiger partial charge in [-0.05, 0) is 36.4 Å². The second kappa shape index (κ2) is 6.83. The normalized spacial score (nSPS) is 10.1. The summed E-state index contributed by atoms with van der Waals surface area (Å²) in [6.45, 7) is 0. The smallest absolute Gasteiger partial charge is 0.255 e. The molecule has 0 saturated carbocycles. The summed E-state index contributed by atoms with van der Waals surface area (Å²) < 4.78 is 11.2. The predicted molar refractivity (Wildman–Crippen MR) is 86.7 cm³/mol. The lowest BCUT2D eigenvalue weighted by molar-refractivity contribution is 0.102. The summed E-state index contributed by atoms with van der Waals surface area (Å²) in [6, 6.07) is 10.2. The highest BCUT2D eigenvalue weighted by molar-refractivity contribution is 9.10. The van der Waals surface area contributed by atoms with E-state index < -0.39 is 0 Å². The Labute approximate surface area is 136 Å². The Kier molecular flexibility index (Phi) is 5.09. The maximum absolute atomic E-state index is 12.2. The number of methoxy groups -OCH3 is 2. The van der Waals surface area contributed by atoms with E-state index in [1.165, 1.54) is 7.11 Å². The first-order valence-electron chi connectivity index (χ1n) is 6.03. The van der Waals surface area contributed by atoms with E-state index in [1.807, 2.05) is 0 Å². The van der Waals surface area contributed by atoms with Crippen molar-refractivity contribution in [3.63, 3.8) is 0 Å². The predicted octanol–water partition coefficient (Wildman–Crippen LogP) is 4.37. The van der Waals surface area contributed by atoms with E-state index in [0.29, 0.717) is 27.8 Å². The number of halogens is 2. The van der Waals surface area contributed by atoms with Crippen LogP contribution in [0, 0.1) is 0 Å². The number of nitrogens with one attached hydrogen (secondary N) is 1. The van der Waals surface area contributed by atoms with Crippen molar-refractivity contribution in [1.29, 1.82) is 0 Å². The number of amides is 1. The zero-order valence-corrected chi connectivity index (χ0v) is 13.8. The van der Waals surface area contributed by atoms with Gasteiger partial charge < -0.3 is 14.8 Å². The van der Waals surface area contributed by atoms with Crippen LogP contribution in [0.25, 0.3) is 0 Å². The summed E-state index contributed by atoms with van der Waals surface area (Å²) in [7, 11) is 3.06. The monoisotopic (exact) mass is 369 g/mol. The molecule has 2 aromatic carbocycles. The number of rotatable bonds is 4. The third-order valence-electron chi connectivity index (χ3n) is 2.83. The molecule has 0 fully saturated rings. The van der Waals surface area contributed by atoms with Crippen molar-refractivity contribution in [3.8, 4) is 11.5 Å². The van der Waals surface area contributed by atoms with Crippen molar-refractivity contribution in [2.24, 2.45) is 0 Å². The lowest BCUT2D eigenvalue weighted by atomic mass is 10.2. The van der Waals surface area contributed by atoms with E-state index in [4.69, 9.17) is 21.1 Å². The molecule has 0 saturated heterocycles. The van der Waals surface area contributed by atoms with Crippen molar-refractivity contribution in [3.05, 3.63) is 51.5 Å². The Morgan fingerprint density at radius 1 is 1.10 bits per heavy atom. The number of benzene rings is 2. The van der Waals surface area contributed by atoms with Crippen molar-refractivity contribution in [2.45, 2.75) is 0 Å². The second-order valence-corrected chi connectivity index (χ2v) is 5.47. The Balaban J connectivity index is 2.24. The maximum atomic E-state index is 12.2. The van der Waals surface area contributed by atoms with Gasteiger partial charge in [0.1, 0.15) is 0 Å². The Morgan fingerprint density at radius 2 is 1.81 bits per heavy atom. The van der Waals surface area contributed by atoms with Crippen LogP contribution in [-0.2, 0) is 0 Å². The summed E-state index contributed by atoms with van der Waals surface area (Å²) in [6.07, 6.45) is 0. The van der Waals surface area contributed by atoms with Gasteiger partial charge in [0.25, 0.3) is 5.91 Å². The fraction of sp³-hybridized carbons (Fsp3) is 0.133. The van der Waals surface area contributed by atoms with Crippen LogP contribution in [0.15, 0.2) is 40.9 Å². The van der Waals surface area contributed by atoms with Gasteiger partial charge in [0.2, 0.25) is 0 Å². The molecule has 21 heavy (non-hydrogen) atoms. The summed E-state index contributed by atoms with van der Waals surface area (Å²) in [5, 5.41) is 3.21. The van der Waals surface area contributed by atoms with Crippen LogP contribution >= 0.6 is 27.5 Å². The summed E-state index contributed by atoms with van der Waals surface area (Å²) >= 11 is 9.39. The van der Waals surface area contributed by atoms with E-state index in [9.17, 15) is 4.79 Å². The van der Waals surface area contributed by atoms with Crippen LogP contribution in [0.4, 0.5) is 5.69 Å². The van der Waals surface area contributed by atoms with Crippen molar-refractivity contribution >= 4 is 39.1 Å². The Hall–Kier alpha value is -1.72. The number of anilines is 1. The number of ether oxygens (including phenoxy) is 2. The maximum Gasteiger partial charge on any atom is 0.255 e. The van der Waals surface area contributed by atoms with Crippen molar-refractivity contribution in [2.75, 3.05) is 19.5 Å². The lowest BCUT2D eigenvalue weighted by Gasteiger charge is -2.11. The molecule has 2 aromatic rings. The molecule has 2 rings (SSSR count). The van der Waals surface area contributed by atoms with E-state index in [1.54, 1.807) is 43.5 Å². The molecule has 0 atom stereocenters. The van der Waals surface area contributed by atoms with Gasteiger partial charge in [0.05, 0.1) is 24.9 Å². The molecule has 1 amide bonds. The Morgan fingerprint density at radius 3 is 2.43 bits per heavy atom. The topological polar surface area (TPSA) is 47.6 Å². The van der Waals surface area contributed by atoms with Gasteiger partial charge in [0.15, 0.2) is 11.5 Å². The van der Waals surface area contributed by atoms with Crippen LogP contribution in [0.5, 0.6) is 11.5 Å². The molecular weight excluding hydrogens is 358 g/mol. The highest BCUT2D eigenvalue weighted by Crippen LogP contribution is 2.29. The molecular formula is C15H13BrClNO3. The van der Waals surface area contributed by atoms with Crippen LogP contribution in [-0.4, -0.2) is 20.1 Å². The highest BCUT2D eigenvalue weighted by atomic mass is 79.9. The van der Waals surface area contributed by atoms with Gasteiger partial charge in [0, 0.05) is 10.0 Å². The van der Waals surface area contributed by atoms with Crippen molar-refractivity contribution in [1.82, 2.24) is 0 Å². The summed E-state index contributed by atoms with van der Waals surface area (Å²) in [4.78, 5) is 12.2. The molecule has 0 aliphatic carbocycles. The minimum Gasteiger partial charge on any atom is -0.493 e. The number of hydrogen-bond donors (Lipinski definition) is 1. The van der Waals surface area contributed by atoms with E-state index in [2.05, 4.69) is 21.2 Å². The van der Waals surface area contributed by atoms with E-state index in [-0.39, 0.29) is 5.91 Å². The first-order chi connectivity index (χ1) is 10.0. The zero-order valence-electron chi connectivity index (χ0n) is 11.4. The SMILES string of the molecule is COc1ccc(C(=O)Nc2ccc(Br)cc2Cl)cc1OC. The molecule has 4 nitrogen and oxygen atoms in total. The fourth-order valence-corrected chi connectivity index (χ4v) is 2.48. The number of carbonyl (C=O) groups is 1. The molecule has 0 heterocycles. The summed E-state index contributed by atoms with van der Waals surface area (Å²) in [5.74, 6) is 0.781. The highest BCUT2D eigenvalue weighted by Gasteiger charge is 2.12. The third kappa shape index (κ3) is 3.68. The average Bonchev–Trinajstić information content (AvgIpc) is 2.49. The van der Waals surface area contributed by atoms with Gasteiger partial charge >= 0.3 is 0 Å². The average molecular weight is 371 g/mol. The molecule has 0 spiro atoms. The first-order valence-corrected chi connectivity index (χ1v) is 7.20. The number of hydrogen-bond acceptors (Lipinski definition) is 3. The quantitative estimate of drug-likeness (QED) is 0.869. The molecule has 1 N–H and O–H groups in total. The summed E-state index contributed by atoms with van der Waals surface area (Å²) in [5.41, 5.74) is 0.992. The lowest BCUT2D eigenvalue weighted by Crippen LogP contribution is -2.12. The standard InChI is InChI=1S/C15H13BrClNO3/c1-20-13-6-3-9(7-14(13)21-2)15(19)18-12-5-4-10(16)8-11(12)17/h3-8H,1-2H3,(H,18,19). The second-order valence-electron chi connectivity index (χ2n) is 4.15. The molecule has 0 bridgehead atoms. The van der Waals surface area contributed by atoms with Crippen LogP contribution in [0.1, 0.15) is 10.4 Å². The molecule has 0 aliphatic heterocycles. The van der Waals surface area contributed by atoms with E-state index in [0.717, 1.165) is 4.47 Å². The van der Waals surface area contributed by atoms with Gasteiger partial charge in [-0.25, -0.2) is 0 Å². The number of carbonyl (C=O) groups excluding carboxylic acids is 1.